The lowest BCUT2D eigenvalue weighted by molar-refractivity contribution is -0.105. The van der Waals surface area contributed by atoms with Gasteiger partial charge in [-0.1, -0.05) is 0 Å². The van der Waals surface area contributed by atoms with E-state index in [1.54, 1.807) is 6.07 Å². The van der Waals surface area contributed by atoms with Gasteiger partial charge in [-0.25, -0.2) is 4.39 Å². The van der Waals surface area contributed by atoms with Crippen molar-refractivity contribution >= 4 is 50.6 Å². The average Bonchev–Trinajstić information content (AvgIpc) is 2.01. The number of carbonyl (C=O) groups excluding carboxylic acids is 1. The van der Waals surface area contributed by atoms with Crippen molar-refractivity contribution in [1.29, 1.82) is 0 Å². The van der Waals surface area contributed by atoms with E-state index >= 15 is 0 Å². The number of hydrogen-bond donors (Lipinski definition) is 1. The highest BCUT2D eigenvalue weighted by Crippen LogP contribution is 2.26. The SMILES string of the molecule is O=CNc1cc(F)c(I)cc1Br. The van der Waals surface area contributed by atoms with Crippen LogP contribution in [0.1, 0.15) is 0 Å². The summed E-state index contributed by atoms with van der Waals surface area (Å²) in [5, 5.41) is 2.37. The van der Waals surface area contributed by atoms with Gasteiger partial charge in [-0.2, -0.15) is 0 Å². The molecule has 0 radical (unpaired) electrons. The number of amides is 1. The summed E-state index contributed by atoms with van der Waals surface area (Å²) < 4.78 is 14.1. The Labute approximate surface area is 90.8 Å². The number of halogens is 3. The molecular formula is C7H4BrFINO. The maximum absolute atomic E-state index is 12.9. The summed E-state index contributed by atoms with van der Waals surface area (Å²) in [6, 6.07) is 2.86. The Bertz CT molecular complexity index is 319. The molecule has 0 saturated carbocycles. The molecule has 1 amide bonds. The summed E-state index contributed by atoms with van der Waals surface area (Å²) in [5.74, 6) is -0.344. The van der Waals surface area contributed by atoms with E-state index in [4.69, 9.17) is 0 Å². The largest absolute Gasteiger partial charge is 0.328 e. The molecule has 0 saturated heterocycles. The standard InChI is InChI=1S/C7H4BrFINO/c8-4-1-6(10)5(9)2-7(4)11-3-12/h1-3H,(H,11,12). The maximum atomic E-state index is 12.9. The molecule has 0 heterocycles. The van der Waals surface area contributed by atoms with E-state index in [-0.39, 0.29) is 5.82 Å². The summed E-state index contributed by atoms with van der Waals surface area (Å²) in [5.41, 5.74) is 0.433. The molecule has 1 rings (SSSR count). The maximum Gasteiger partial charge on any atom is 0.211 e. The summed E-state index contributed by atoms with van der Waals surface area (Å²) in [6.45, 7) is 0. The Morgan fingerprint density at radius 2 is 2.25 bits per heavy atom. The first-order valence-corrected chi connectivity index (χ1v) is 4.87. The van der Waals surface area contributed by atoms with Crippen molar-refractivity contribution in [3.63, 3.8) is 0 Å². The van der Waals surface area contributed by atoms with Crippen LogP contribution in [0.5, 0.6) is 0 Å². The third-order valence-corrected chi connectivity index (χ3v) is 2.71. The predicted octanol–water partition coefficient (Wildman–Crippen LogP) is 2.76. The molecule has 0 bridgehead atoms. The zero-order valence-corrected chi connectivity index (χ0v) is 9.52. The fourth-order valence-corrected chi connectivity index (χ4v) is 2.05. The van der Waals surface area contributed by atoms with Gasteiger partial charge in [0.15, 0.2) is 0 Å². The molecule has 2 nitrogen and oxygen atoms in total. The Kier molecular flexibility index (Phi) is 3.45. The molecule has 1 aromatic rings. The molecule has 0 aliphatic rings. The second kappa shape index (κ2) is 4.18. The average molecular weight is 344 g/mol. The van der Waals surface area contributed by atoms with Gasteiger partial charge < -0.3 is 5.32 Å². The molecule has 1 N–H and O–H groups in total. The third kappa shape index (κ3) is 2.16. The highest BCUT2D eigenvalue weighted by Gasteiger charge is 2.04. The molecule has 12 heavy (non-hydrogen) atoms. The minimum Gasteiger partial charge on any atom is -0.328 e. The molecule has 0 aliphatic carbocycles. The zero-order valence-electron chi connectivity index (χ0n) is 5.77. The van der Waals surface area contributed by atoms with E-state index in [1.807, 2.05) is 22.6 Å². The monoisotopic (exact) mass is 343 g/mol. The second-order valence-electron chi connectivity index (χ2n) is 2.01. The topological polar surface area (TPSA) is 29.1 Å². The Morgan fingerprint density at radius 3 is 2.83 bits per heavy atom. The van der Waals surface area contributed by atoms with Crippen molar-refractivity contribution < 1.29 is 9.18 Å². The first-order valence-electron chi connectivity index (χ1n) is 3.00. The van der Waals surface area contributed by atoms with E-state index < -0.39 is 0 Å². The normalized spacial score (nSPS) is 9.58. The van der Waals surface area contributed by atoms with E-state index in [9.17, 15) is 9.18 Å². The van der Waals surface area contributed by atoms with Gasteiger partial charge >= 0.3 is 0 Å². The Morgan fingerprint density at radius 1 is 1.58 bits per heavy atom. The molecule has 64 valence electrons. The van der Waals surface area contributed by atoms with Crippen LogP contribution >= 0.6 is 38.5 Å². The van der Waals surface area contributed by atoms with Crippen molar-refractivity contribution in [3.05, 3.63) is 26.0 Å². The third-order valence-electron chi connectivity index (χ3n) is 1.22. The van der Waals surface area contributed by atoms with E-state index in [0.717, 1.165) is 0 Å². The second-order valence-corrected chi connectivity index (χ2v) is 4.02. The molecule has 0 aliphatic heterocycles. The summed E-state index contributed by atoms with van der Waals surface area (Å²) >= 11 is 5.06. The van der Waals surface area contributed by atoms with Crippen molar-refractivity contribution in [2.24, 2.45) is 0 Å². The molecule has 0 fully saturated rings. The van der Waals surface area contributed by atoms with Crippen LogP contribution in [0.4, 0.5) is 10.1 Å². The highest BCUT2D eigenvalue weighted by atomic mass is 127. The van der Waals surface area contributed by atoms with Gasteiger partial charge in [-0.3, -0.25) is 4.79 Å². The molecule has 0 spiro atoms. The summed E-state index contributed by atoms with van der Waals surface area (Å²) in [6.07, 6.45) is 0.506. The van der Waals surface area contributed by atoms with Crippen LogP contribution in [0.2, 0.25) is 0 Å². The van der Waals surface area contributed by atoms with Crippen molar-refractivity contribution in [2.45, 2.75) is 0 Å². The van der Waals surface area contributed by atoms with Crippen molar-refractivity contribution in [3.8, 4) is 0 Å². The molecule has 5 heteroatoms. The number of rotatable bonds is 2. The van der Waals surface area contributed by atoms with E-state index in [0.29, 0.717) is 20.1 Å². The van der Waals surface area contributed by atoms with Crippen LogP contribution in [0.25, 0.3) is 0 Å². The van der Waals surface area contributed by atoms with Gasteiger partial charge in [-0.15, -0.1) is 0 Å². The molecule has 0 unspecified atom stereocenters. The number of hydrogen-bond acceptors (Lipinski definition) is 1. The Hall–Kier alpha value is -0.170. The van der Waals surface area contributed by atoms with Crippen molar-refractivity contribution in [2.75, 3.05) is 5.32 Å². The number of carbonyl (C=O) groups is 1. The first-order chi connectivity index (χ1) is 5.65. The lowest BCUT2D eigenvalue weighted by Gasteiger charge is -2.03. The predicted molar refractivity (Wildman–Crippen MR) is 56.5 cm³/mol. The highest BCUT2D eigenvalue weighted by molar-refractivity contribution is 14.1. The van der Waals surface area contributed by atoms with E-state index in [1.165, 1.54) is 6.07 Å². The van der Waals surface area contributed by atoms with Crippen LogP contribution in [0.3, 0.4) is 0 Å². The summed E-state index contributed by atoms with van der Waals surface area (Å²) in [7, 11) is 0. The van der Waals surface area contributed by atoms with Crippen LogP contribution in [-0.4, -0.2) is 6.41 Å². The van der Waals surface area contributed by atoms with Gasteiger partial charge in [0.05, 0.1) is 9.26 Å². The molecule has 1 aromatic carbocycles. The van der Waals surface area contributed by atoms with Crippen LogP contribution < -0.4 is 5.32 Å². The zero-order chi connectivity index (χ0) is 9.14. The number of nitrogens with one attached hydrogen (secondary N) is 1. The van der Waals surface area contributed by atoms with Gasteiger partial charge in [-0.05, 0) is 50.7 Å². The number of benzene rings is 1. The van der Waals surface area contributed by atoms with Gasteiger partial charge in [0, 0.05) is 4.47 Å². The lowest BCUT2D eigenvalue weighted by Crippen LogP contribution is -1.96. The fourth-order valence-electron chi connectivity index (χ4n) is 0.697. The summed E-state index contributed by atoms with van der Waals surface area (Å²) in [4.78, 5) is 10.1. The van der Waals surface area contributed by atoms with Crippen LogP contribution in [0.15, 0.2) is 16.6 Å². The first kappa shape index (κ1) is 9.91. The minimum atomic E-state index is -0.344. The van der Waals surface area contributed by atoms with Gasteiger partial charge in [0.2, 0.25) is 6.41 Å². The Balaban J connectivity index is 3.13. The van der Waals surface area contributed by atoms with Gasteiger partial charge in [0.1, 0.15) is 5.82 Å². The van der Waals surface area contributed by atoms with Crippen molar-refractivity contribution in [1.82, 2.24) is 0 Å². The molecular weight excluding hydrogens is 340 g/mol. The minimum absolute atomic E-state index is 0.344. The van der Waals surface area contributed by atoms with E-state index in [2.05, 4.69) is 21.2 Å². The fraction of sp³-hybridized carbons (Fsp3) is 0. The molecule has 0 aromatic heterocycles. The van der Waals surface area contributed by atoms with Crippen LogP contribution in [0, 0.1) is 9.39 Å². The smallest absolute Gasteiger partial charge is 0.211 e. The van der Waals surface area contributed by atoms with Crippen LogP contribution in [-0.2, 0) is 4.79 Å². The number of anilines is 1. The van der Waals surface area contributed by atoms with Gasteiger partial charge in [0.25, 0.3) is 0 Å². The molecule has 0 atom stereocenters. The quantitative estimate of drug-likeness (QED) is 0.499. The lowest BCUT2D eigenvalue weighted by atomic mass is 10.3.